The summed E-state index contributed by atoms with van der Waals surface area (Å²) in [4.78, 5) is 48.0. The molecule has 2 N–H and O–H groups in total. The fourth-order valence-corrected chi connectivity index (χ4v) is 7.55. The summed E-state index contributed by atoms with van der Waals surface area (Å²) in [6, 6.07) is 21.3. The van der Waals surface area contributed by atoms with Crippen molar-refractivity contribution in [1.82, 2.24) is 39.6 Å². The van der Waals surface area contributed by atoms with Crippen LogP contribution < -0.4 is 5.32 Å². The predicted octanol–water partition coefficient (Wildman–Crippen LogP) is 6.08. The number of carbonyl (C=O) groups excluding carboxylic acids is 2. The van der Waals surface area contributed by atoms with Gasteiger partial charge < -0.3 is 29.1 Å². The van der Waals surface area contributed by atoms with E-state index in [4.69, 9.17) is 14.4 Å². The molecule has 3 aromatic heterocycles. The van der Waals surface area contributed by atoms with Crippen molar-refractivity contribution in [2.75, 3.05) is 20.1 Å². The number of imidazole rings is 2. The first-order chi connectivity index (χ1) is 23.4. The molecule has 244 valence electrons. The molecule has 5 heterocycles. The zero-order valence-electron chi connectivity index (χ0n) is 27.3. The zero-order valence-corrected chi connectivity index (χ0v) is 27.3. The second-order valence-corrected chi connectivity index (χ2v) is 12.8. The molecule has 2 saturated heterocycles. The maximum atomic E-state index is 13.8. The normalized spacial score (nSPS) is 18.7. The Bertz CT molecular complexity index is 2150. The molecule has 2 fully saturated rings. The monoisotopic (exact) mass is 642 g/mol. The Labute approximate surface area is 278 Å². The summed E-state index contributed by atoms with van der Waals surface area (Å²) in [6.07, 6.45) is 5.37. The van der Waals surface area contributed by atoms with Gasteiger partial charge >= 0.3 is 0 Å². The molecule has 3 aromatic carbocycles. The van der Waals surface area contributed by atoms with Gasteiger partial charge in [0.05, 0.1) is 40.4 Å². The van der Waals surface area contributed by atoms with E-state index in [0.29, 0.717) is 18.2 Å². The highest BCUT2D eigenvalue weighted by Gasteiger charge is 2.37. The number of likely N-dealkylation sites (N-methyl/N-ethyl adjacent to an activating group) is 1. The van der Waals surface area contributed by atoms with E-state index in [9.17, 15) is 9.59 Å². The Hall–Kier alpha value is -5.29. The summed E-state index contributed by atoms with van der Waals surface area (Å²) in [5.41, 5.74) is 6.07. The van der Waals surface area contributed by atoms with Crippen LogP contribution in [0, 0.1) is 0 Å². The molecule has 6 aromatic rings. The Balaban J connectivity index is 1.08. The van der Waals surface area contributed by atoms with Crippen LogP contribution in [0.3, 0.4) is 0 Å². The maximum absolute atomic E-state index is 13.8. The Morgan fingerprint density at radius 2 is 1.75 bits per heavy atom. The lowest BCUT2D eigenvalue weighted by molar-refractivity contribution is -0.134. The highest BCUT2D eigenvalue weighted by molar-refractivity contribution is 5.90. The molecule has 0 bridgehead atoms. The van der Waals surface area contributed by atoms with Crippen LogP contribution in [0.25, 0.3) is 44.8 Å². The summed E-state index contributed by atoms with van der Waals surface area (Å²) >= 11 is 0. The average molecular weight is 643 g/mol. The molecule has 0 radical (unpaired) electrons. The summed E-state index contributed by atoms with van der Waals surface area (Å²) in [7, 11) is 3.85. The number of amides is 2. The average Bonchev–Trinajstić information content (AvgIpc) is 3.94. The van der Waals surface area contributed by atoms with E-state index in [-0.39, 0.29) is 23.9 Å². The van der Waals surface area contributed by atoms with Crippen molar-refractivity contribution in [2.45, 2.75) is 50.7 Å². The molecular weight excluding hydrogens is 604 g/mol. The standard InChI is InChI=1S/C37H38N8O3/c1-22(46)44-18-8-14-29(44)34-40-26-13-7-12-25(33(26)42-34)36-39-21-31(48-36)24-16-17-28-27(20-24)41-35(43(28)3)30-15-9-19-45(30)37(47)32(38-2)23-10-5-4-6-11-23/h4-7,10-13,16-17,20-21,29-30,32,38H,8-9,14-15,18-19H2,1-3H3,(H,40,42)/t29-,30-,32+/m0/s1. The van der Waals surface area contributed by atoms with Crippen molar-refractivity contribution in [1.29, 1.82) is 0 Å². The van der Waals surface area contributed by atoms with Gasteiger partial charge in [-0.3, -0.25) is 9.59 Å². The van der Waals surface area contributed by atoms with E-state index in [1.807, 2.05) is 90.6 Å². The number of aryl methyl sites for hydroxylation is 1. The van der Waals surface area contributed by atoms with E-state index >= 15 is 0 Å². The molecule has 2 aliphatic rings. The quantitative estimate of drug-likeness (QED) is 0.216. The number of benzene rings is 3. The minimum absolute atomic E-state index is 0.0547. The first-order valence-electron chi connectivity index (χ1n) is 16.6. The zero-order chi connectivity index (χ0) is 32.9. The number of carbonyl (C=O) groups is 2. The number of hydrogen-bond acceptors (Lipinski definition) is 7. The SMILES string of the molecule is CN[C@@H](C(=O)N1CCC[C@H]1c1nc2cc(-c3cnc(-c4cccc5[nH]c([C@@H]6CCCN6C(C)=O)nc45)o3)ccc2n1C)c1ccccc1. The molecule has 0 aliphatic carbocycles. The maximum Gasteiger partial charge on any atom is 0.244 e. The van der Waals surface area contributed by atoms with Gasteiger partial charge in [0, 0.05) is 32.6 Å². The summed E-state index contributed by atoms with van der Waals surface area (Å²) < 4.78 is 8.45. The van der Waals surface area contributed by atoms with Gasteiger partial charge in [-0.15, -0.1) is 0 Å². The lowest BCUT2D eigenvalue weighted by Gasteiger charge is -2.28. The van der Waals surface area contributed by atoms with Gasteiger partial charge in [0.15, 0.2) is 5.76 Å². The molecule has 11 heteroatoms. The molecule has 2 aliphatic heterocycles. The third-order valence-corrected chi connectivity index (χ3v) is 9.94. The highest BCUT2D eigenvalue weighted by Crippen LogP contribution is 2.38. The summed E-state index contributed by atoms with van der Waals surface area (Å²) in [5, 5.41) is 3.22. The van der Waals surface area contributed by atoms with Crippen LogP contribution in [0.5, 0.6) is 0 Å². The van der Waals surface area contributed by atoms with Crippen molar-refractivity contribution in [3.8, 4) is 22.8 Å². The molecular formula is C37H38N8O3. The van der Waals surface area contributed by atoms with Crippen LogP contribution in [0.15, 0.2) is 77.3 Å². The molecule has 48 heavy (non-hydrogen) atoms. The fraction of sp³-hybridized carbons (Fsp3) is 0.324. The van der Waals surface area contributed by atoms with Gasteiger partial charge in [0.1, 0.15) is 23.2 Å². The molecule has 0 saturated carbocycles. The number of rotatable bonds is 7. The first-order valence-corrected chi connectivity index (χ1v) is 16.6. The van der Waals surface area contributed by atoms with E-state index in [1.165, 1.54) is 0 Å². The minimum atomic E-state index is -0.411. The summed E-state index contributed by atoms with van der Waals surface area (Å²) in [5.74, 6) is 2.89. The van der Waals surface area contributed by atoms with Crippen molar-refractivity contribution in [2.24, 2.45) is 7.05 Å². The van der Waals surface area contributed by atoms with Crippen LogP contribution in [-0.2, 0) is 16.6 Å². The van der Waals surface area contributed by atoms with Gasteiger partial charge in [-0.05, 0) is 68.6 Å². The smallest absolute Gasteiger partial charge is 0.244 e. The van der Waals surface area contributed by atoms with Crippen LogP contribution in [0.4, 0.5) is 0 Å². The molecule has 11 nitrogen and oxygen atoms in total. The van der Waals surface area contributed by atoms with Gasteiger partial charge in [0.25, 0.3) is 0 Å². The number of oxazole rings is 1. The lowest BCUT2D eigenvalue weighted by Crippen LogP contribution is -2.40. The van der Waals surface area contributed by atoms with Crippen molar-refractivity contribution < 1.29 is 14.0 Å². The predicted molar refractivity (Wildman–Crippen MR) is 183 cm³/mol. The second-order valence-electron chi connectivity index (χ2n) is 12.8. The van der Waals surface area contributed by atoms with Crippen LogP contribution in [-0.4, -0.2) is 66.3 Å². The number of H-pyrrole nitrogens is 1. The van der Waals surface area contributed by atoms with Gasteiger partial charge in [-0.1, -0.05) is 36.4 Å². The largest absolute Gasteiger partial charge is 0.436 e. The lowest BCUT2D eigenvalue weighted by atomic mass is 10.1. The molecule has 0 unspecified atom stereocenters. The molecule has 2 amide bonds. The number of aromatic nitrogens is 5. The summed E-state index contributed by atoms with van der Waals surface area (Å²) in [6.45, 7) is 3.06. The molecule has 8 rings (SSSR count). The van der Waals surface area contributed by atoms with Crippen molar-refractivity contribution >= 4 is 33.9 Å². The number of likely N-dealkylation sites (tertiary alicyclic amines) is 2. The topological polar surface area (TPSA) is 125 Å². The number of nitrogens with one attached hydrogen (secondary N) is 2. The molecule has 3 atom stereocenters. The third-order valence-electron chi connectivity index (χ3n) is 9.94. The Kier molecular flexibility index (Phi) is 7.55. The van der Waals surface area contributed by atoms with Gasteiger partial charge in [-0.2, -0.15) is 0 Å². The van der Waals surface area contributed by atoms with E-state index in [2.05, 4.69) is 19.9 Å². The van der Waals surface area contributed by atoms with Crippen molar-refractivity contribution in [3.05, 3.63) is 90.1 Å². The highest BCUT2D eigenvalue weighted by atomic mass is 16.4. The number of aromatic amines is 1. The van der Waals surface area contributed by atoms with E-state index in [0.717, 1.165) is 82.6 Å². The van der Waals surface area contributed by atoms with Crippen LogP contribution in [0.2, 0.25) is 0 Å². The van der Waals surface area contributed by atoms with Crippen LogP contribution >= 0.6 is 0 Å². The second kappa shape index (κ2) is 12.1. The third kappa shape index (κ3) is 5.05. The Morgan fingerprint density at radius 3 is 2.54 bits per heavy atom. The number of fused-ring (bicyclic) bond motifs is 2. The number of para-hydroxylation sites is 1. The Morgan fingerprint density at radius 1 is 0.958 bits per heavy atom. The first kappa shape index (κ1) is 30.1. The van der Waals surface area contributed by atoms with E-state index in [1.54, 1.807) is 13.1 Å². The van der Waals surface area contributed by atoms with Crippen LogP contribution in [0.1, 0.15) is 67.9 Å². The number of nitrogens with zero attached hydrogens (tertiary/aromatic N) is 6. The van der Waals surface area contributed by atoms with Gasteiger partial charge in [0.2, 0.25) is 17.7 Å². The minimum Gasteiger partial charge on any atom is -0.436 e. The van der Waals surface area contributed by atoms with Gasteiger partial charge in [-0.25, -0.2) is 15.0 Å². The number of hydrogen-bond donors (Lipinski definition) is 2. The van der Waals surface area contributed by atoms with Crippen molar-refractivity contribution in [3.63, 3.8) is 0 Å². The fourth-order valence-electron chi connectivity index (χ4n) is 7.55. The van der Waals surface area contributed by atoms with E-state index < -0.39 is 6.04 Å². The molecule has 0 spiro atoms.